The minimum Gasteiger partial charge on any atom is -0.477 e. The number of fused-ring (bicyclic) bond motifs is 5. The smallest absolute Gasteiger partial charge is 0.426 e. The lowest BCUT2D eigenvalue weighted by Gasteiger charge is -2.28. The number of aromatic nitrogens is 3. The molecule has 0 spiro atoms. The molecule has 206 valence electrons. The Balaban J connectivity index is 2.20. The molecule has 1 aliphatic rings. The van der Waals surface area contributed by atoms with Crippen LogP contribution in [0.15, 0.2) is 10.5 Å². The first kappa shape index (κ1) is 28.4. The highest BCUT2D eigenvalue weighted by Gasteiger charge is 2.58. The SMILES string of the molecule is CC(C)(C)OC(=O)Nc1cc(C(F)(F)F)c2nc1-c1nnc(o1)C(O)(C(F)(F)F)CCC(O)CCCO2. The van der Waals surface area contributed by atoms with E-state index < -0.39 is 83.2 Å². The molecular formula is C21H24F6N4O6. The molecular weight excluding hydrogens is 518 g/mol. The molecule has 3 N–H and O–H groups in total. The van der Waals surface area contributed by atoms with Crippen molar-refractivity contribution in [3.8, 4) is 17.5 Å². The van der Waals surface area contributed by atoms with E-state index in [0.717, 1.165) is 0 Å². The lowest BCUT2D eigenvalue weighted by Crippen LogP contribution is -2.43. The Bertz CT molecular complexity index is 1130. The molecule has 37 heavy (non-hydrogen) atoms. The minimum absolute atomic E-state index is 0.0454. The second-order valence-corrected chi connectivity index (χ2v) is 9.32. The largest absolute Gasteiger partial charge is 0.477 e. The van der Waals surface area contributed by atoms with Crippen molar-refractivity contribution in [1.82, 2.24) is 15.2 Å². The van der Waals surface area contributed by atoms with Crippen LogP contribution in [0.3, 0.4) is 0 Å². The fourth-order valence-electron chi connectivity index (χ4n) is 3.35. The van der Waals surface area contributed by atoms with Crippen LogP contribution in [0.1, 0.15) is 57.9 Å². The van der Waals surface area contributed by atoms with Gasteiger partial charge in [0.05, 0.1) is 18.4 Å². The number of alkyl halides is 6. The number of aliphatic hydroxyl groups excluding tert-OH is 1. The minimum atomic E-state index is -5.31. The van der Waals surface area contributed by atoms with Gasteiger partial charge in [-0.1, -0.05) is 0 Å². The summed E-state index contributed by atoms with van der Waals surface area (Å²) in [5.74, 6) is -3.15. The normalized spacial score (nSPS) is 21.5. The van der Waals surface area contributed by atoms with E-state index in [2.05, 4.69) is 20.5 Å². The van der Waals surface area contributed by atoms with Gasteiger partial charge in [0.2, 0.25) is 11.5 Å². The van der Waals surface area contributed by atoms with E-state index >= 15 is 0 Å². The second kappa shape index (κ2) is 9.96. The average Bonchev–Trinajstić information content (AvgIpc) is 3.22. The number of rotatable bonds is 1. The van der Waals surface area contributed by atoms with Gasteiger partial charge < -0.3 is 24.1 Å². The molecule has 2 atom stereocenters. The number of halogens is 6. The molecule has 2 unspecified atom stereocenters. The first-order valence-electron chi connectivity index (χ1n) is 11.0. The van der Waals surface area contributed by atoms with E-state index in [1.165, 1.54) is 20.8 Å². The van der Waals surface area contributed by atoms with Crippen molar-refractivity contribution in [2.45, 2.75) is 76.1 Å². The summed E-state index contributed by atoms with van der Waals surface area (Å²) >= 11 is 0. The predicted octanol–water partition coefficient (Wildman–Crippen LogP) is 4.56. The molecule has 2 aromatic rings. The maximum absolute atomic E-state index is 13.8. The van der Waals surface area contributed by atoms with Gasteiger partial charge in [-0.05, 0) is 52.5 Å². The van der Waals surface area contributed by atoms with Crippen LogP contribution in [0.4, 0.5) is 36.8 Å². The molecule has 2 aromatic heterocycles. The lowest BCUT2D eigenvalue weighted by atomic mass is 9.93. The summed E-state index contributed by atoms with van der Waals surface area (Å²) in [6.45, 7) is 4.09. The zero-order valence-electron chi connectivity index (χ0n) is 19.8. The molecule has 0 saturated heterocycles. The van der Waals surface area contributed by atoms with Gasteiger partial charge in [-0.25, -0.2) is 9.78 Å². The maximum Gasteiger partial charge on any atom is 0.426 e. The fourth-order valence-corrected chi connectivity index (χ4v) is 3.35. The Morgan fingerprint density at radius 2 is 1.84 bits per heavy atom. The topological polar surface area (TPSA) is 140 Å². The summed E-state index contributed by atoms with van der Waals surface area (Å²) < 4.78 is 98.1. The average molecular weight is 542 g/mol. The van der Waals surface area contributed by atoms with Gasteiger partial charge >= 0.3 is 18.4 Å². The fraction of sp³-hybridized carbons (Fsp3) is 0.619. The van der Waals surface area contributed by atoms with Crippen LogP contribution < -0.4 is 10.1 Å². The third kappa shape index (κ3) is 6.60. The van der Waals surface area contributed by atoms with E-state index in [9.17, 15) is 41.4 Å². The number of ether oxygens (including phenoxy) is 2. The van der Waals surface area contributed by atoms with Gasteiger partial charge in [0.15, 0.2) is 5.69 Å². The summed E-state index contributed by atoms with van der Waals surface area (Å²) in [6.07, 6.45) is -14.7. The molecule has 0 radical (unpaired) electrons. The van der Waals surface area contributed by atoms with Gasteiger partial charge in [0, 0.05) is 0 Å². The standard InChI is InChI=1S/C21H24F6N4O6/c1-18(2,3)37-17(33)28-12-9-11(20(22,23)24)14-29-13(12)15-30-31-16(36-15)19(34,21(25,26)27)7-6-10(32)5-4-8-35-14/h9-10,32,34H,4-8H2,1-3H3,(H,28,33). The second-order valence-electron chi connectivity index (χ2n) is 9.32. The first-order chi connectivity index (χ1) is 16.9. The van der Waals surface area contributed by atoms with E-state index in [0.29, 0.717) is 6.07 Å². The van der Waals surface area contributed by atoms with Gasteiger partial charge in [0.25, 0.3) is 11.8 Å². The summed E-state index contributed by atoms with van der Waals surface area (Å²) in [6, 6.07) is 0.433. The number of carbonyl (C=O) groups is 1. The highest BCUT2D eigenvalue weighted by Crippen LogP contribution is 2.44. The number of aliphatic hydroxyl groups is 2. The molecule has 16 heteroatoms. The predicted molar refractivity (Wildman–Crippen MR) is 112 cm³/mol. The maximum atomic E-state index is 13.8. The van der Waals surface area contributed by atoms with Gasteiger partial charge in [0.1, 0.15) is 11.2 Å². The van der Waals surface area contributed by atoms with Crippen molar-refractivity contribution >= 4 is 11.8 Å². The van der Waals surface area contributed by atoms with Gasteiger partial charge in [-0.3, -0.25) is 5.32 Å². The first-order valence-corrected chi connectivity index (χ1v) is 11.0. The Morgan fingerprint density at radius 1 is 1.16 bits per heavy atom. The lowest BCUT2D eigenvalue weighted by molar-refractivity contribution is -0.278. The number of anilines is 1. The van der Waals surface area contributed by atoms with Crippen molar-refractivity contribution in [3.63, 3.8) is 0 Å². The summed E-state index contributed by atoms with van der Waals surface area (Å²) in [5.41, 5.74) is -7.47. The highest BCUT2D eigenvalue weighted by molar-refractivity contribution is 5.89. The number of carbonyl (C=O) groups excluding carboxylic acids is 1. The molecule has 1 amide bonds. The number of nitrogens with one attached hydrogen (secondary N) is 1. The molecule has 4 bridgehead atoms. The van der Waals surface area contributed by atoms with Crippen LogP contribution in [-0.2, 0) is 16.5 Å². The zero-order chi connectivity index (χ0) is 27.8. The monoisotopic (exact) mass is 542 g/mol. The van der Waals surface area contributed by atoms with E-state index in [-0.39, 0.29) is 19.4 Å². The number of amides is 1. The van der Waals surface area contributed by atoms with E-state index in [1.54, 1.807) is 0 Å². The van der Waals surface area contributed by atoms with Crippen molar-refractivity contribution in [3.05, 3.63) is 17.5 Å². The summed E-state index contributed by atoms with van der Waals surface area (Å²) in [7, 11) is 0. The molecule has 10 nitrogen and oxygen atoms in total. The van der Waals surface area contributed by atoms with E-state index in [1.807, 2.05) is 0 Å². The van der Waals surface area contributed by atoms with Crippen molar-refractivity contribution in [1.29, 1.82) is 0 Å². The molecule has 0 aliphatic carbocycles. The number of pyridine rings is 1. The molecule has 1 aliphatic heterocycles. The van der Waals surface area contributed by atoms with E-state index in [4.69, 9.17) is 13.9 Å². The Labute approximate surface area is 206 Å². The quantitative estimate of drug-likeness (QED) is 0.443. The Morgan fingerprint density at radius 3 is 2.43 bits per heavy atom. The van der Waals surface area contributed by atoms with Crippen LogP contribution >= 0.6 is 0 Å². The van der Waals surface area contributed by atoms with Crippen molar-refractivity contribution in [2.24, 2.45) is 0 Å². The molecule has 3 heterocycles. The third-order valence-corrected chi connectivity index (χ3v) is 5.14. The Hall–Kier alpha value is -3.14. The van der Waals surface area contributed by atoms with Crippen molar-refractivity contribution in [2.75, 3.05) is 11.9 Å². The Kier molecular flexibility index (Phi) is 7.66. The molecule has 0 aromatic carbocycles. The number of hydrogen-bond acceptors (Lipinski definition) is 9. The van der Waals surface area contributed by atoms with Crippen molar-refractivity contribution < 1.29 is 55.2 Å². The molecule has 0 fully saturated rings. The summed E-state index contributed by atoms with van der Waals surface area (Å²) in [5, 5.41) is 29.2. The van der Waals surface area contributed by atoms with Crippen LogP contribution in [0.5, 0.6) is 5.88 Å². The highest BCUT2D eigenvalue weighted by atomic mass is 19.4. The zero-order valence-corrected chi connectivity index (χ0v) is 19.8. The van der Waals surface area contributed by atoms with Crippen LogP contribution in [0.2, 0.25) is 0 Å². The van der Waals surface area contributed by atoms with Gasteiger partial charge in [-0.15, -0.1) is 10.2 Å². The molecule has 3 rings (SSSR count). The number of hydrogen-bond donors (Lipinski definition) is 3. The van der Waals surface area contributed by atoms with Crippen LogP contribution in [-0.4, -0.2) is 56.0 Å². The number of nitrogens with zero attached hydrogens (tertiary/aromatic N) is 3. The molecule has 0 saturated carbocycles. The third-order valence-electron chi connectivity index (χ3n) is 5.14. The van der Waals surface area contributed by atoms with Crippen LogP contribution in [0, 0.1) is 0 Å². The summed E-state index contributed by atoms with van der Waals surface area (Å²) in [4.78, 5) is 16.0. The van der Waals surface area contributed by atoms with Crippen LogP contribution in [0.25, 0.3) is 11.6 Å². The van der Waals surface area contributed by atoms with Gasteiger partial charge in [-0.2, -0.15) is 26.3 Å².